The molecular formula is C20H23NO2. The number of carbonyl (C=O) groups is 1. The molecule has 1 saturated heterocycles. The molecule has 0 unspecified atom stereocenters. The Bertz CT molecular complexity index is 651. The van der Waals surface area contributed by atoms with Crippen molar-refractivity contribution in [1.82, 2.24) is 4.90 Å². The van der Waals surface area contributed by atoms with E-state index in [0.717, 1.165) is 30.9 Å². The van der Waals surface area contributed by atoms with E-state index >= 15 is 0 Å². The van der Waals surface area contributed by atoms with E-state index in [-0.39, 0.29) is 11.7 Å². The molecule has 1 fully saturated rings. The molecule has 0 spiro atoms. The first-order valence-electron chi connectivity index (χ1n) is 8.12. The summed E-state index contributed by atoms with van der Waals surface area (Å²) < 4.78 is 5.16. The minimum absolute atomic E-state index is 0.0760. The Balaban J connectivity index is 1.66. The maximum absolute atomic E-state index is 12.8. The SMILES string of the molecule is COc1ccc(C(=O)[C@@H]2CN(Cc3ccccc3)C[C@H]2C)cc1. The molecule has 3 nitrogen and oxygen atoms in total. The molecule has 1 heterocycles. The molecule has 2 aromatic carbocycles. The summed E-state index contributed by atoms with van der Waals surface area (Å²) in [5, 5.41) is 0. The number of rotatable bonds is 5. The number of nitrogens with zero attached hydrogens (tertiary/aromatic N) is 1. The first-order valence-corrected chi connectivity index (χ1v) is 8.12. The van der Waals surface area contributed by atoms with Crippen LogP contribution in [0.1, 0.15) is 22.8 Å². The molecule has 2 aromatic rings. The van der Waals surface area contributed by atoms with E-state index in [0.29, 0.717) is 5.92 Å². The van der Waals surface area contributed by atoms with Crippen molar-refractivity contribution in [1.29, 1.82) is 0 Å². The van der Waals surface area contributed by atoms with Crippen LogP contribution in [-0.4, -0.2) is 30.9 Å². The second kappa shape index (κ2) is 6.97. The number of carbonyl (C=O) groups excluding carboxylic acids is 1. The van der Waals surface area contributed by atoms with Gasteiger partial charge in [0.1, 0.15) is 5.75 Å². The number of methoxy groups -OCH3 is 1. The fourth-order valence-electron chi connectivity index (χ4n) is 3.35. The van der Waals surface area contributed by atoms with Crippen LogP contribution in [0.15, 0.2) is 54.6 Å². The van der Waals surface area contributed by atoms with Crippen LogP contribution in [0.4, 0.5) is 0 Å². The summed E-state index contributed by atoms with van der Waals surface area (Å²) in [7, 11) is 1.64. The summed E-state index contributed by atoms with van der Waals surface area (Å²) in [6, 6.07) is 17.9. The molecule has 0 bridgehead atoms. The van der Waals surface area contributed by atoms with Gasteiger partial charge in [0.25, 0.3) is 0 Å². The summed E-state index contributed by atoms with van der Waals surface area (Å²) >= 11 is 0. The van der Waals surface area contributed by atoms with Gasteiger partial charge in [0, 0.05) is 31.1 Å². The van der Waals surface area contributed by atoms with Crippen molar-refractivity contribution < 1.29 is 9.53 Å². The average Bonchev–Trinajstić information content (AvgIpc) is 2.95. The normalized spacial score (nSPS) is 21.3. The first-order chi connectivity index (χ1) is 11.2. The Hall–Kier alpha value is -2.13. The summed E-state index contributed by atoms with van der Waals surface area (Å²) in [6.07, 6.45) is 0. The monoisotopic (exact) mass is 309 g/mol. The van der Waals surface area contributed by atoms with Crippen molar-refractivity contribution in [2.24, 2.45) is 11.8 Å². The average molecular weight is 309 g/mol. The van der Waals surface area contributed by atoms with Crippen molar-refractivity contribution in [2.75, 3.05) is 20.2 Å². The molecule has 23 heavy (non-hydrogen) atoms. The molecule has 0 saturated carbocycles. The Morgan fingerprint density at radius 2 is 1.78 bits per heavy atom. The highest BCUT2D eigenvalue weighted by molar-refractivity contribution is 5.98. The van der Waals surface area contributed by atoms with Crippen molar-refractivity contribution in [2.45, 2.75) is 13.5 Å². The third-order valence-corrected chi connectivity index (χ3v) is 4.65. The number of hydrogen-bond donors (Lipinski definition) is 0. The molecular weight excluding hydrogens is 286 g/mol. The summed E-state index contributed by atoms with van der Waals surface area (Å²) in [5.41, 5.74) is 2.08. The number of benzene rings is 2. The lowest BCUT2D eigenvalue weighted by molar-refractivity contribution is 0.0902. The van der Waals surface area contributed by atoms with E-state index in [9.17, 15) is 4.79 Å². The molecule has 3 rings (SSSR count). The van der Waals surface area contributed by atoms with E-state index in [1.165, 1.54) is 5.56 Å². The van der Waals surface area contributed by atoms with Gasteiger partial charge in [-0.25, -0.2) is 0 Å². The summed E-state index contributed by atoms with van der Waals surface area (Å²) in [5.74, 6) is 1.49. The van der Waals surface area contributed by atoms with Gasteiger partial charge in [0.15, 0.2) is 5.78 Å². The molecule has 120 valence electrons. The third kappa shape index (κ3) is 3.62. The van der Waals surface area contributed by atoms with Gasteiger partial charge in [0.05, 0.1) is 7.11 Å². The summed E-state index contributed by atoms with van der Waals surface area (Å²) in [6.45, 7) is 4.90. The predicted molar refractivity (Wildman–Crippen MR) is 91.7 cm³/mol. The van der Waals surface area contributed by atoms with Gasteiger partial charge in [-0.2, -0.15) is 0 Å². The standard InChI is InChI=1S/C20H23NO2/c1-15-12-21(13-16-6-4-3-5-7-16)14-19(15)20(22)17-8-10-18(23-2)11-9-17/h3-11,15,19H,12-14H2,1-2H3/t15-,19-/m1/s1. The van der Waals surface area contributed by atoms with E-state index in [1.807, 2.05) is 30.3 Å². The van der Waals surface area contributed by atoms with Crippen molar-refractivity contribution in [3.05, 3.63) is 65.7 Å². The van der Waals surface area contributed by atoms with Crippen LogP contribution in [0.25, 0.3) is 0 Å². The minimum Gasteiger partial charge on any atom is -0.497 e. The highest BCUT2D eigenvalue weighted by Crippen LogP contribution is 2.28. The first kappa shape index (κ1) is 15.8. The van der Waals surface area contributed by atoms with Gasteiger partial charge in [-0.3, -0.25) is 9.69 Å². The zero-order valence-electron chi connectivity index (χ0n) is 13.7. The van der Waals surface area contributed by atoms with Crippen LogP contribution in [0.2, 0.25) is 0 Å². The van der Waals surface area contributed by atoms with Gasteiger partial charge in [-0.15, -0.1) is 0 Å². The lowest BCUT2D eigenvalue weighted by Crippen LogP contribution is -2.23. The zero-order chi connectivity index (χ0) is 16.2. The molecule has 0 radical (unpaired) electrons. The Kier molecular flexibility index (Phi) is 4.77. The smallest absolute Gasteiger partial charge is 0.167 e. The zero-order valence-corrected chi connectivity index (χ0v) is 13.7. The van der Waals surface area contributed by atoms with Gasteiger partial charge in [-0.05, 0) is 35.7 Å². The Labute approximate surface area is 137 Å². The molecule has 3 heteroatoms. The Morgan fingerprint density at radius 3 is 2.43 bits per heavy atom. The number of Topliss-reactive ketones (excluding diaryl/α,β-unsaturated/α-hetero) is 1. The van der Waals surface area contributed by atoms with Crippen molar-refractivity contribution >= 4 is 5.78 Å². The quantitative estimate of drug-likeness (QED) is 0.790. The van der Waals surface area contributed by atoms with Crippen LogP contribution in [0, 0.1) is 11.8 Å². The predicted octanol–water partition coefficient (Wildman–Crippen LogP) is 3.65. The molecule has 0 amide bonds. The number of likely N-dealkylation sites (tertiary alicyclic amines) is 1. The Morgan fingerprint density at radius 1 is 1.09 bits per heavy atom. The largest absolute Gasteiger partial charge is 0.497 e. The maximum atomic E-state index is 12.8. The number of ether oxygens (including phenoxy) is 1. The van der Waals surface area contributed by atoms with Crippen molar-refractivity contribution in [3.8, 4) is 5.75 Å². The lowest BCUT2D eigenvalue weighted by Gasteiger charge is -2.15. The molecule has 0 N–H and O–H groups in total. The topological polar surface area (TPSA) is 29.5 Å². The molecule has 2 atom stereocenters. The van der Waals surface area contributed by atoms with Crippen LogP contribution in [0.3, 0.4) is 0 Å². The maximum Gasteiger partial charge on any atom is 0.167 e. The second-order valence-electron chi connectivity index (χ2n) is 6.36. The van der Waals surface area contributed by atoms with E-state index in [1.54, 1.807) is 7.11 Å². The van der Waals surface area contributed by atoms with E-state index in [2.05, 4.69) is 36.1 Å². The highest BCUT2D eigenvalue weighted by atomic mass is 16.5. The van der Waals surface area contributed by atoms with Gasteiger partial charge in [-0.1, -0.05) is 37.3 Å². The molecule has 1 aliphatic heterocycles. The van der Waals surface area contributed by atoms with Gasteiger partial charge >= 0.3 is 0 Å². The van der Waals surface area contributed by atoms with Gasteiger partial charge < -0.3 is 4.74 Å². The van der Waals surface area contributed by atoms with Crippen LogP contribution in [-0.2, 0) is 6.54 Å². The fourth-order valence-corrected chi connectivity index (χ4v) is 3.35. The van der Waals surface area contributed by atoms with Crippen LogP contribution < -0.4 is 4.74 Å². The lowest BCUT2D eigenvalue weighted by atomic mass is 9.90. The van der Waals surface area contributed by atoms with Gasteiger partial charge in [0.2, 0.25) is 0 Å². The van der Waals surface area contributed by atoms with E-state index in [4.69, 9.17) is 4.74 Å². The van der Waals surface area contributed by atoms with Crippen molar-refractivity contribution in [3.63, 3.8) is 0 Å². The van der Waals surface area contributed by atoms with Crippen LogP contribution >= 0.6 is 0 Å². The molecule has 0 aromatic heterocycles. The highest BCUT2D eigenvalue weighted by Gasteiger charge is 2.34. The third-order valence-electron chi connectivity index (χ3n) is 4.65. The summed E-state index contributed by atoms with van der Waals surface area (Å²) in [4.78, 5) is 15.2. The number of ketones is 1. The second-order valence-corrected chi connectivity index (χ2v) is 6.36. The molecule has 1 aliphatic rings. The van der Waals surface area contributed by atoms with Crippen LogP contribution in [0.5, 0.6) is 5.75 Å². The number of hydrogen-bond acceptors (Lipinski definition) is 3. The fraction of sp³-hybridized carbons (Fsp3) is 0.350. The molecule has 0 aliphatic carbocycles. The van der Waals surface area contributed by atoms with E-state index < -0.39 is 0 Å². The minimum atomic E-state index is 0.0760.